The Morgan fingerprint density at radius 1 is 1.35 bits per heavy atom. The van der Waals surface area contributed by atoms with Gasteiger partial charge in [0, 0.05) is 12.6 Å². The Hall–Kier alpha value is -2.66. The zero-order chi connectivity index (χ0) is 18.3. The Morgan fingerprint density at radius 3 is 2.81 bits per heavy atom. The Balaban J connectivity index is 1.47. The average molecular weight is 367 g/mol. The van der Waals surface area contributed by atoms with Crippen LogP contribution in [-0.2, 0) is 23.7 Å². The fraction of sp³-hybridized carbons (Fsp3) is 0.600. The van der Waals surface area contributed by atoms with Gasteiger partial charge in [-0.3, -0.25) is 20.0 Å². The summed E-state index contributed by atoms with van der Waals surface area (Å²) >= 11 is 0. The van der Waals surface area contributed by atoms with Crippen molar-refractivity contribution in [3.8, 4) is 0 Å². The van der Waals surface area contributed by atoms with Crippen molar-refractivity contribution in [3.05, 3.63) is 22.7 Å². The molecular formula is C15H17N3O8. The SMILES string of the molecule is O=C1O[C@@H]2[C@H](O1)[C@@H](CCOC(=O)C1CC1)O[C@H]2n1ccc(NO)nc1=O. The van der Waals surface area contributed by atoms with Gasteiger partial charge in [0.2, 0.25) is 0 Å². The molecule has 0 radical (unpaired) electrons. The quantitative estimate of drug-likeness (QED) is 0.529. The zero-order valence-corrected chi connectivity index (χ0v) is 13.6. The number of fused-ring (bicyclic) bond motifs is 1. The summed E-state index contributed by atoms with van der Waals surface area (Å²) in [6.07, 6.45) is -0.536. The smallest absolute Gasteiger partial charge is 0.465 e. The van der Waals surface area contributed by atoms with E-state index >= 15 is 0 Å². The van der Waals surface area contributed by atoms with Crippen LogP contribution < -0.4 is 11.2 Å². The minimum Gasteiger partial charge on any atom is -0.465 e. The van der Waals surface area contributed by atoms with E-state index < -0.39 is 36.4 Å². The molecule has 4 atom stereocenters. The fourth-order valence-electron chi connectivity index (χ4n) is 3.06. The first kappa shape index (κ1) is 16.8. The second-order valence-electron chi connectivity index (χ2n) is 6.32. The summed E-state index contributed by atoms with van der Waals surface area (Å²) in [6.45, 7) is 0.119. The highest BCUT2D eigenvalue weighted by molar-refractivity contribution is 5.74. The number of nitrogens with zero attached hydrogens (tertiary/aromatic N) is 2. The molecule has 0 spiro atoms. The van der Waals surface area contributed by atoms with Crippen LogP contribution in [0.1, 0.15) is 25.5 Å². The van der Waals surface area contributed by atoms with Gasteiger partial charge in [0.15, 0.2) is 24.3 Å². The highest BCUT2D eigenvalue weighted by atomic mass is 16.8. The largest absolute Gasteiger partial charge is 0.509 e. The first-order valence-corrected chi connectivity index (χ1v) is 8.25. The third kappa shape index (κ3) is 3.10. The van der Waals surface area contributed by atoms with Gasteiger partial charge < -0.3 is 18.9 Å². The van der Waals surface area contributed by atoms with Gasteiger partial charge in [-0.1, -0.05) is 0 Å². The minimum absolute atomic E-state index is 0.00376. The lowest BCUT2D eigenvalue weighted by molar-refractivity contribution is -0.146. The number of esters is 1. The molecule has 11 heteroatoms. The lowest BCUT2D eigenvalue weighted by atomic mass is 10.1. The van der Waals surface area contributed by atoms with E-state index in [0.717, 1.165) is 17.4 Å². The van der Waals surface area contributed by atoms with E-state index in [1.54, 1.807) is 5.48 Å². The van der Waals surface area contributed by atoms with Crippen LogP contribution in [0.15, 0.2) is 17.1 Å². The number of carbonyl (C=O) groups is 2. The van der Waals surface area contributed by atoms with Crippen LogP contribution in [0.3, 0.4) is 0 Å². The van der Waals surface area contributed by atoms with Gasteiger partial charge in [-0.05, 0) is 18.9 Å². The van der Waals surface area contributed by atoms with E-state index in [1.165, 1.54) is 12.3 Å². The molecule has 0 bridgehead atoms. The van der Waals surface area contributed by atoms with Gasteiger partial charge in [0.05, 0.1) is 12.5 Å². The maximum Gasteiger partial charge on any atom is 0.509 e. The molecule has 11 nitrogen and oxygen atoms in total. The average Bonchev–Trinajstić information content (AvgIpc) is 3.33. The topological polar surface area (TPSA) is 138 Å². The Labute approximate surface area is 146 Å². The van der Waals surface area contributed by atoms with Crippen LogP contribution in [-0.4, -0.2) is 51.8 Å². The number of hydrogen-bond donors (Lipinski definition) is 2. The maximum atomic E-state index is 12.1. The molecule has 0 aromatic carbocycles. The zero-order valence-electron chi connectivity index (χ0n) is 13.6. The molecular weight excluding hydrogens is 350 g/mol. The normalized spacial score (nSPS) is 29.7. The standard InChI is InChI=1S/C15H17N3O8/c19-13(7-1-2-7)23-6-4-8-10-11(26-15(21)25-10)12(24-8)18-5-3-9(17-22)16-14(18)20/h3,5,7-8,10-12,22H,1-2,4,6H2,(H,16,17,20)/t8-,10-,11-,12-/m1/s1. The van der Waals surface area contributed by atoms with Gasteiger partial charge in [-0.25, -0.2) is 9.59 Å². The first-order valence-electron chi connectivity index (χ1n) is 8.25. The van der Waals surface area contributed by atoms with Crippen LogP contribution >= 0.6 is 0 Å². The van der Waals surface area contributed by atoms with Crippen molar-refractivity contribution < 1.29 is 33.7 Å². The Kier molecular flexibility index (Phi) is 4.24. The van der Waals surface area contributed by atoms with Crippen molar-refractivity contribution in [2.24, 2.45) is 5.92 Å². The second-order valence-corrected chi connectivity index (χ2v) is 6.32. The number of anilines is 1. The van der Waals surface area contributed by atoms with E-state index in [9.17, 15) is 14.4 Å². The van der Waals surface area contributed by atoms with E-state index in [4.69, 9.17) is 24.2 Å². The summed E-state index contributed by atoms with van der Waals surface area (Å²) < 4.78 is 22.4. The van der Waals surface area contributed by atoms with Gasteiger partial charge in [0.25, 0.3) is 0 Å². The van der Waals surface area contributed by atoms with Crippen molar-refractivity contribution in [2.75, 3.05) is 12.1 Å². The van der Waals surface area contributed by atoms with E-state index in [0.29, 0.717) is 6.42 Å². The molecule has 0 unspecified atom stereocenters. The third-order valence-corrected chi connectivity index (χ3v) is 4.53. The first-order chi connectivity index (χ1) is 12.6. The van der Waals surface area contributed by atoms with Crippen LogP contribution in [0.2, 0.25) is 0 Å². The van der Waals surface area contributed by atoms with Crippen molar-refractivity contribution in [3.63, 3.8) is 0 Å². The van der Waals surface area contributed by atoms with Crippen molar-refractivity contribution in [1.29, 1.82) is 0 Å². The van der Waals surface area contributed by atoms with Crippen molar-refractivity contribution >= 4 is 17.9 Å². The summed E-state index contributed by atoms with van der Waals surface area (Å²) in [5.74, 6) is -0.261. The predicted molar refractivity (Wildman–Crippen MR) is 81.3 cm³/mol. The molecule has 2 saturated heterocycles. The number of ether oxygens (including phenoxy) is 4. The van der Waals surface area contributed by atoms with Crippen LogP contribution in [0, 0.1) is 5.92 Å². The molecule has 1 aromatic rings. The molecule has 2 aliphatic heterocycles. The van der Waals surface area contributed by atoms with Crippen molar-refractivity contribution in [2.45, 2.75) is 43.8 Å². The predicted octanol–water partition coefficient (Wildman–Crippen LogP) is 0.189. The van der Waals surface area contributed by atoms with Crippen LogP contribution in [0.5, 0.6) is 0 Å². The summed E-state index contributed by atoms with van der Waals surface area (Å²) in [7, 11) is 0. The molecule has 1 aliphatic carbocycles. The molecule has 2 N–H and O–H groups in total. The molecule has 140 valence electrons. The van der Waals surface area contributed by atoms with Gasteiger partial charge in [-0.2, -0.15) is 4.98 Å². The highest BCUT2D eigenvalue weighted by Gasteiger charge is 2.55. The fourth-order valence-corrected chi connectivity index (χ4v) is 3.06. The van der Waals surface area contributed by atoms with Gasteiger partial charge in [0.1, 0.15) is 6.10 Å². The molecule has 4 rings (SSSR count). The number of rotatable bonds is 6. The van der Waals surface area contributed by atoms with E-state index in [2.05, 4.69) is 4.98 Å². The lowest BCUT2D eigenvalue weighted by Crippen LogP contribution is -2.34. The molecule has 3 heterocycles. The summed E-state index contributed by atoms with van der Waals surface area (Å²) in [6, 6.07) is 1.36. The summed E-state index contributed by atoms with van der Waals surface area (Å²) in [5, 5.41) is 8.81. The number of aromatic nitrogens is 2. The minimum atomic E-state index is -0.927. The van der Waals surface area contributed by atoms with E-state index in [1.807, 2.05) is 0 Å². The molecule has 3 fully saturated rings. The van der Waals surface area contributed by atoms with Crippen molar-refractivity contribution in [1.82, 2.24) is 9.55 Å². The van der Waals surface area contributed by atoms with Gasteiger partial charge >= 0.3 is 17.8 Å². The molecule has 26 heavy (non-hydrogen) atoms. The lowest BCUT2D eigenvalue weighted by Gasteiger charge is -2.18. The van der Waals surface area contributed by atoms with Gasteiger partial charge in [-0.15, -0.1) is 0 Å². The molecule has 1 saturated carbocycles. The number of hydrogen-bond acceptors (Lipinski definition) is 10. The third-order valence-electron chi connectivity index (χ3n) is 4.53. The van der Waals surface area contributed by atoms with Crippen LogP contribution in [0.25, 0.3) is 0 Å². The summed E-state index contributed by atoms with van der Waals surface area (Å²) in [4.78, 5) is 38.8. The highest BCUT2D eigenvalue weighted by Crippen LogP contribution is 2.38. The molecule has 3 aliphatic rings. The van der Waals surface area contributed by atoms with Crippen LogP contribution in [0.4, 0.5) is 10.6 Å². The summed E-state index contributed by atoms with van der Waals surface area (Å²) in [5.41, 5.74) is 1.08. The molecule has 0 amide bonds. The second kappa shape index (κ2) is 6.57. The Bertz CT molecular complexity index is 776. The monoisotopic (exact) mass is 367 g/mol. The van der Waals surface area contributed by atoms with E-state index in [-0.39, 0.29) is 24.3 Å². The number of nitrogens with one attached hydrogen (secondary N) is 1. The maximum absolute atomic E-state index is 12.1. The molecule has 1 aromatic heterocycles. The number of carbonyl (C=O) groups excluding carboxylic acids is 2. The Morgan fingerprint density at radius 2 is 2.12 bits per heavy atom.